The summed E-state index contributed by atoms with van der Waals surface area (Å²) in [6.07, 6.45) is 0. The monoisotopic (exact) mass is 372 g/mol. The summed E-state index contributed by atoms with van der Waals surface area (Å²) in [6, 6.07) is 8.26. The molecule has 8 heteroatoms. The summed E-state index contributed by atoms with van der Waals surface area (Å²) in [7, 11) is -4.21. The van der Waals surface area contributed by atoms with Crippen LogP contribution in [0.25, 0.3) is 0 Å². The lowest BCUT2D eigenvalue weighted by molar-refractivity contribution is 0.551. The Kier molecular flexibility index (Phi) is 4.25. The minimum Gasteiger partial charge on any atom is -0.278 e. The van der Waals surface area contributed by atoms with Gasteiger partial charge in [0.1, 0.15) is 16.5 Å². The van der Waals surface area contributed by atoms with Crippen molar-refractivity contribution in [1.29, 1.82) is 5.26 Å². The lowest BCUT2D eigenvalue weighted by atomic mass is 10.2. The zero-order chi connectivity index (χ0) is 15.6. The van der Waals surface area contributed by atoms with E-state index in [1.807, 2.05) is 6.07 Å². The van der Waals surface area contributed by atoms with Gasteiger partial charge in [-0.05, 0) is 46.3 Å². The number of hydrogen-bond acceptors (Lipinski definition) is 3. The van der Waals surface area contributed by atoms with Crippen LogP contribution in [0.4, 0.5) is 14.5 Å². The van der Waals surface area contributed by atoms with Gasteiger partial charge < -0.3 is 0 Å². The van der Waals surface area contributed by atoms with E-state index >= 15 is 0 Å². The van der Waals surface area contributed by atoms with Crippen LogP contribution in [-0.4, -0.2) is 8.42 Å². The van der Waals surface area contributed by atoms with Gasteiger partial charge >= 0.3 is 0 Å². The number of halogens is 3. The first-order valence-corrected chi connectivity index (χ1v) is 7.78. The van der Waals surface area contributed by atoms with E-state index in [2.05, 4.69) is 20.7 Å². The third-order valence-electron chi connectivity index (χ3n) is 2.53. The molecular formula is C13H7BrF2N2O2S. The van der Waals surface area contributed by atoms with Crippen LogP contribution in [0.2, 0.25) is 0 Å². The van der Waals surface area contributed by atoms with Crippen molar-refractivity contribution in [3.63, 3.8) is 0 Å². The van der Waals surface area contributed by atoms with E-state index in [0.717, 1.165) is 12.1 Å². The van der Waals surface area contributed by atoms with Crippen LogP contribution in [0.15, 0.2) is 45.8 Å². The van der Waals surface area contributed by atoms with Gasteiger partial charge in [-0.2, -0.15) is 5.26 Å². The number of anilines is 1. The quantitative estimate of drug-likeness (QED) is 0.897. The number of nitriles is 1. The second kappa shape index (κ2) is 5.79. The Morgan fingerprint density at radius 1 is 1.14 bits per heavy atom. The third-order valence-corrected chi connectivity index (χ3v) is 4.58. The molecule has 0 saturated heterocycles. The van der Waals surface area contributed by atoms with Crippen molar-refractivity contribution in [1.82, 2.24) is 0 Å². The Hall–Kier alpha value is -1.98. The van der Waals surface area contributed by atoms with E-state index in [0.29, 0.717) is 16.1 Å². The summed E-state index contributed by atoms with van der Waals surface area (Å²) in [5.74, 6) is -2.06. The number of hydrogen-bond donors (Lipinski definition) is 1. The molecule has 0 bridgehead atoms. The van der Waals surface area contributed by atoms with E-state index in [-0.39, 0.29) is 5.69 Å². The maximum Gasteiger partial charge on any atom is 0.264 e. The normalized spacial score (nSPS) is 11.0. The SMILES string of the molecule is N#Cc1ccc(NS(=O)(=O)c2ccc(F)cc2F)c(Br)c1. The molecule has 21 heavy (non-hydrogen) atoms. The standard InChI is InChI=1S/C13H7BrF2N2O2S/c14-10-5-8(7-17)1-3-12(10)18-21(19,20)13-4-2-9(15)6-11(13)16/h1-6,18H. The molecule has 4 nitrogen and oxygen atoms in total. The fourth-order valence-corrected chi connectivity index (χ4v) is 3.31. The van der Waals surface area contributed by atoms with Gasteiger partial charge in [0.25, 0.3) is 10.0 Å². The van der Waals surface area contributed by atoms with Crippen LogP contribution in [0, 0.1) is 23.0 Å². The Balaban J connectivity index is 2.40. The third kappa shape index (κ3) is 3.37. The lowest BCUT2D eigenvalue weighted by Gasteiger charge is -2.10. The van der Waals surface area contributed by atoms with Crippen molar-refractivity contribution >= 4 is 31.6 Å². The smallest absolute Gasteiger partial charge is 0.264 e. The summed E-state index contributed by atoms with van der Waals surface area (Å²) >= 11 is 3.11. The molecule has 0 unspecified atom stereocenters. The van der Waals surface area contributed by atoms with E-state index < -0.39 is 26.6 Å². The van der Waals surface area contributed by atoms with Gasteiger partial charge in [0.15, 0.2) is 0 Å². The molecule has 0 atom stereocenters. The molecule has 0 aromatic heterocycles. The van der Waals surface area contributed by atoms with Gasteiger partial charge in [-0.15, -0.1) is 0 Å². The zero-order valence-corrected chi connectivity index (χ0v) is 12.7. The highest BCUT2D eigenvalue weighted by molar-refractivity contribution is 9.10. The van der Waals surface area contributed by atoms with Crippen molar-refractivity contribution in [3.8, 4) is 6.07 Å². The molecule has 2 aromatic rings. The summed E-state index contributed by atoms with van der Waals surface area (Å²) < 4.78 is 53.0. The van der Waals surface area contributed by atoms with E-state index in [1.165, 1.54) is 18.2 Å². The Labute approximate surface area is 128 Å². The number of nitrogens with one attached hydrogen (secondary N) is 1. The molecule has 0 aliphatic carbocycles. The topological polar surface area (TPSA) is 70.0 Å². The largest absolute Gasteiger partial charge is 0.278 e. The van der Waals surface area contributed by atoms with Crippen LogP contribution in [0.5, 0.6) is 0 Å². The molecule has 0 radical (unpaired) electrons. The average molecular weight is 373 g/mol. The minimum atomic E-state index is -4.21. The fraction of sp³-hybridized carbons (Fsp3) is 0. The highest BCUT2D eigenvalue weighted by atomic mass is 79.9. The molecule has 2 aromatic carbocycles. The fourth-order valence-electron chi connectivity index (χ4n) is 1.56. The van der Waals surface area contributed by atoms with Crippen LogP contribution < -0.4 is 4.72 Å². The molecule has 0 spiro atoms. The molecule has 108 valence electrons. The van der Waals surface area contributed by atoms with E-state index in [4.69, 9.17) is 5.26 Å². The van der Waals surface area contributed by atoms with Crippen molar-refractivity contribution < 1.29 is 17.2 Å². The van der Waals surface area contributed by atoms with Crippen LogP contribution in [0.1, 0.15) is 5.56 Å². The van der Waals surface area contributed by atoms with Gasteiger partial charge in [-0.3, -0.25) is 4.72 Å². The van der Waals surface area contributed by atoms with Crippen molar-refractivity contribution in [3.05, 3.63) is 58.1 Å². The van der Waals surface area contributed by atoms with Crippen LogP contribution >= 0.6 is 15.9 Å². The minimum absolute atomic E-state index is 0.137. The number of benzene rings is 2. The molecule has 0 saturated carbocycles. The Morgan fingerprint density at radius 3 is 2.43 bits per heavy atom. The van der Waals surface area contributed by atoms with E-state index in [1.54, 1.807) is 0 Å². The average Bonchev–Trinajstić information content (AvgIpc) is 2.40. The molecular weight excluding hydrogens is 366 g/mol. The van der Waals surface area contributed by atoms with Crippen LogP contribution in [-0.2, 0) is 10.0 Å². The molecule has 0 fully saturated rings. The summed E-state index contributed by atoms with van der Waals surface area (Å²) in [5.41, 5.74) is 0.468. The first-order chi connectivity index (χ1) is 9.83. The Morgan fingerprint density at radius 2 is 1.86 bits per heavy atom. The molecule has 1 N–H and O–H groups in total. The molecule has 0 aliphatic rings. The maximum absolute atomic E-state index is 13.6. The lowest BCUT2D eigenvalue weighted by Crippen LogP contribution is -2.15. The van der Waals surface area contributed by atoms with E-state index in [9.17, 15) is 17.2 Å². The van der Waals surface area contributed by atoms with Crippen molar-refractivity contribution in [2.45, 2.75) is 4.90 Å². The summed E-state index contributed by atoms with van der Waals surface area (Å²) in [6.45, 7) is 0. The van der Waals surface area contributed by atoms with Gasteiger partial charge in [0.2, 0.25) is 0 Å². The van der Waals surface area contributed by atoms with Gasteiger partial charge in [-0.25, -0.2) is 17.2 Å². The predicted octanol–water partition coefficient (Wildman–Crippen LogP) is 3.40. The summed E-state index contributed by atoms with van der Waals surface area (Å²) in [4.78, 5) is -0.667. The molecule has 0 amide bonds. The van der Waals surface area contributed by atoms with Gasteiger partial charge in [0, 0.05) is 10.5 Å². The number of rotatable bonds is 3. The van der Waals surface area contributed by atoms with Gasteiger partial charge in [-0.1, -0.05) is 0 Å². The molecule has 2 rings (SSSR count). The second-order valence-electron chi connectivity index (χ2n) is 3.99. The van der Waals surface area contributed by atoms with Crippen molar-refractivity contribution in [2.24, 2.45) is 0 Å². The van der Waals surface area contributed by atoms with Crippen molar-refractivity contribution in [2.75, 3.05) is 4.72 Å². The number of nitrogens with zero attached hydrogens (tertiary/aromatic N) is 1. The van der Waals surface area contributed by atoms with Crippen LogP contribution in [0.3, 0.4) is 0 Å². The maximum atomic E-state index is 13.6. The first-order valence-electron chi connectivity index (χ1n) is 5.51. The summed E-state index contributed by atoms with van der Waals surface area (Å²) in [5, 5.41) is 8.73. The molecule has 0 aliphatic heterocycles. The Bertz CT molecular complexity index is 848. The number of sulfonamides is 1. The second-order valence-corrected chi connectivity index (χ2v) is 6.49. The first kappa shape index (κ1) is 15.4. The predicted molar refractivity (Wildman–Crippen MR) is 76.0 cm³/mol. The zero-order valence-electron chi connectivity index (χ0n) is 10.3. The highest BCUT2D eigenvalue weighted by Gasteiger charge is 2.20. The van der Waals surface area contributed by atoms with Gasteiger partial charge in [0.05, 0.1) is 17.3 Å². The molecule has 0 heterocycles. The highest BCUT2D eigenvalue weighted by Crippen LogP contribution is 2.27.